The number of amides is 1. The molecule has 0 aliphatic rings. The predicted molar refractivity (Wildman–Crippen MR) is 77.1 cm³/mol. The summed E-state index contributed by atoms with van der Waals surface area (Å²) in [6.07, 6.45) is 0. The molecule has 6 heteroatoms. The average molecular weight is 276 g/mol. The Hall–Kier alpha value is -1.79. The highest BCUT2D eigenvalue weighted by atomic mass is 32.1. The van der Waals surface area contributed by atoms with Gasteiger partial charge in [-0.1, -0.05) is 49.4 Å². The minimum Gasteiger partial charge on any atom is -0.322 e. The van der Waals surface area contributed by atoms with Crippen LogP contribution in [0.5, 0.6) is 0 Å². The van der Waals surface area contributed by atoms with Crippen molar-refractivity contribution in [1.29, 1.82) is 0 Å². The maximum atomic E-state index is 11.1. The highest BCUT2D eigenvalue weighted by Crippen LogP contribution is 2.27. The first-order valence-corrected chi connectivity index (χ1v) is 6.85. The normalized spacial score (nSPS) is 10.7. The van der Waals surface area contributed by atoms with Crippen molar-refractivity contribution < 1.29 is 4.79 Å². The molecular weight excluding hydrogens is 260 g/mol. The summed E-state index contributed by atoms with van der Waals surface area (Å²) in [7, 11) is 0. The fraction of sp³-hybridized carbons (Fsp3) is 0.308. The van der Waals surface area contributed by atoms with E-state index < -0.39 is 0 Å². The summed E-state index contributed by atoms with van der Waals surface area (Å²) in [6, 6.07) is 8.20. The lowest BCUT2D eigenvalue weighted by Crippen LogP contribution is -2.21. The number of nitrogens with zero attached hydrogens (tertiary/aromatic N) is 2. The summed E-state index contributed by atoms with van der Waals surface area (Å²) in [6.45, 7) is 4.25. The Balaban J connectivity index is 2.16. The molecule has 2 rings (SSSR count). The lowest BCUT2D eigenvalue weighted by Gasteiger charge is -2.04. The lowest BCUT2D eigenvalue weighted by molar-refractivity contribution is -0.114. The van der Waals surface area contributed by atoms with Crippen LogP contribution in [0.15, 0.2) is 24.3 Å². The molecule has 0 bridgehead atoms. The van der Waals surface area contributed by atoms with Crippen molar-refractivity contribution in [2.75, 3.05) is 11.9 Å². The number of hydrogen-bond donors (Lipinski definition) is 2. The van der Waals surface area contributed by atoms with Crippen molar-refractivity contribution in [3.63, 3.8) is 0 Å². The average Bonchev–Trinajstić information content (AvgIpc) is 2.87. The van der Waals surface area contributed by atoms with E-state index in [2.05, 4.69) is 41.5 Å². The van der Waals surface area contributed by atoms with Crippen molar-refractivity contribution in [2.45, 2.75) is 19.8 Å². The highest BCUT2D eigenvalue weighted by Gasteiger charge is 2.09. The standard InChI is InChI=1S/C13H16N4OS/c1-8(2)9-3-5-10(6-4-9)12-16-17-13(19-12)15-11(18)7-14/h3-6,8H,7,14H2,1-2H3,(H,15,17,18). The smallest absolute Gasteiger partial charge is 0.239 e. The fourth-order valence-corrected chi connectivity index (χ4v) is 2.34. The third-order valence-corrected chi connectivity index (χ3v) is 3.57. The molecule has 1 aromatic carbocycles. The van der Waals surface area contributed by atoms with E-state index in [4.69, 9.17) is 5.73 Å². The van der Waals surface area contributed by atoms with Gasteiger partial charge in [-0.3, -0.25) is 10.1 Å². The zero-order valence-corrected chi connectivity index (χ0v) is 11.7. The number of nitrogens with one attached hydrogen (secondary N) is 1. The van der Waals surface area contributed by atoms with Gasteiger partial charge in [-0.2, -0.15) is 0 Å². The van der Waals surface area contributed by atoms with Gasteiger partial charge < -0.3 is 5.73 Å². The van der Waals surface area contributed by atoms with E-state index in [1.165, 1.54) is 16.9 Å². The quantitative estimate of drug-likeness (QED) is 0.897. The Morgan fingerprint density at radius 3 is 2.58 bits per heavy atom. The number of aromatic nitrogens is 2. The first-order valence-electron chi connectivity index (χ1n) is 6.04. The van der Waals surface area contributed by atoms with Crippen molar-refractivity contribution in [2.24, 2.45) is 5.73 Å². The van der Waals surface area contributed by atoms with Crippen LogP contribution < -0.4 is 11.1 Å². The van der Waals surface area contributed by atoms with Crippen LogP contribution in [0.1, 0.15) is 25.3 Å². The molecule has 5 nitrogen and oxygen atoms in total. The van der Waals surface area contributed by atoms with Gasteiger partial charge in [0.2, 0.25) is 11.0 Å². The largest absolute Gasteiger partial charge is 0.322 e. The van der Waals surface area contributed by atoms with E-state index in [1.54, 1.807) is 0 Å². The molecule has 0 fully saturated rings. The Morgan fingerprint density at radius 2 is 2.00 bits per heavy atom. The van der Waals surface area contributed by atoms with Gasteiger partial charge in [0.1, 0.15) is 5.01 Å². The molecule has 0 radical (unpaired) electrons. The van der Waals surface area contributed by atoms with E-state index in [0.717, 1.165) is 10.6 Å². The molecule has 1 amide bonds. The van der Waals surface area contributed by atoms with Crippen LogP contribution in [-0.2, 0) is 4.79 Å². The topological polar surface area (TPSA) is 80.9 Å². The van der Waals surface area contributed by atoms with Gasteiger partial charge >= 0.3 is 0 Å². The van der Waals surface area contributed by atoms with E-state index in [-0.39, 0.29) is 12.5 Å². The van der Waals surface area contributed by atoms with E-state index in [9.17, 15) is 4.79 Å². The minimum atomic E-state index is -0.266. The highest BCUT2D eigenvalue weighted by molar-refractivity contribution is 7.18. The molecular formula is C13H16N4OS. The van der Waals surface area contributed by atoms with Gasteiger partial charge in [-0.15, -0.1) is 10.2 Å². The summed E-state index contributed by atoms with van der Waals surface area (Å²) in [5.41, 5.74) is 7.50. The third kappa shape index (κ3) is 3.36. The first kappa shape index (κ1) is 13.6. The SMILES string of the molecule is CC(C)c1ccc(-c2nnc(NC(=O)CN)s2)cc1. The van der Waals surface area contributed by atoms with Gasteiger partial charge in [0.25, 0.3) is 0 Å². The second-order valence-corrected chi connectivity index (χ2v) is 5.42. The van der Waals surface area contributed by atoms with Crippen molar-refractivity contribution >= 4 is 22.4 Å². The summed E-state index contributed by atoms with van der Waals surface area (Å²) in [5, 5.41) is 11.8. The lowest BCUT2D eigenvalue weighted by atomic mass is 10.0. The second-order valence-electron chi connectivity index (χ2n) is 4.44. The van der Waals surface area contributed by atoms with Crippen molar-refractivity contribution in [3.05, 3.63) is 29.8 Å². The second kappa shape index (κ2) is 5.90. The Bertz CT molecular complexity index is 562. The Kier molecular flexibility index (Phi) is 4.24. The summed E-state index contributed by atoms with van der Waals surface area (Å²) in [5.74, 6) is 0.237. The fourth-order valence-electron chi connectivity index (χ4n) is 1.57. The minimum absolute atomic E-state index is 0.0575. The number of anilines is 1. The summed E-state index contributed by atoms with van der Waals surface area (Å²) < 4.78 is 0. The van der Waals surface area contributed by atoms with E-state index >= 15 is 0 Å². The van der Waals surface area contributed by atoms with E-state index in [1.807, 2.05) is 12.1 Å². The van der Waals surface area contributed by atoms with Crippen LogP contribution in [0, 0.1) is 0 Å². The molecule has 0 saturated carbocycles. The first-order chi connectivity index (χ1) is 9.10. The molecule has 0 spiro atoms. The van der Waals surface area contributed by atoms with Gasteiger partial charge in [-0.05, 0) is 11.5 Å². The monoisotopic (exact) mass is 276 g/mol. The maximum absolute atomic E-state index is 11.1. The number of rotatable bonds is 4. The Labute approximate surface area is 115 Å². The molecule has 19 heavy (non-hydrogen) atoms. The summed E-state index contributed by atoms with van der Waals surface area (Å²) in [4.78, 5) is 11.1. The number of carbonyl (C=O) groups is 1. The maximum Gasteiger partial charge on any atom is 0.239 e. The van der Waals surface area contributed by atoms with Gasteiger partial charge in [-0.25, -0.2) is 0 Å². The number of hydrogen-bond acceptors (Lipinski definition) is 5. The molecule has 3 N–H and O–H groups in total. The number of nitrogens with two attached hydrogens (primary N) is 1. The number of benzene rings is 1. The molecule has 1 aromatic heterocycles. The molecule has 1 heterocycles. The van der Waals surface area contributed by atoms with Crippen molar-refractivity contribution in [1.82, 2.24) is 10.2 Å². The molecule has 100 valence electrons. The van der Waals surface area contributed by atoms with Crippen LogP contribution >= 0.6 is 11.3 Å². The molecule has 2 aromatic rings. The van der Waals surface area contributed by atoms with Crippen molar-refractivity contribution in [3.8, 4) is 10.6 Å². The van der Waals surface area contributed by atoms with Crippen LogP contribution in [0.4, 0.5) is 5.13 Å². The zero-order chi connectivity index (χ0) is 13.8. The van der Waals surface area contributed by atoms with Gasteiger partial charge in [0.15, 0.2) is 0 Å². The summed E-state index contributed by atoms with van der Waals surface area (Å²) >= 11 is 1.33. The molecule has 0 aliphatic carbocycles. The zero-order valence-electron chi connectivity index (χ0n) is 10.9. The molecule has 0 unspecified atom stereocenters. The van der Waals surface area contributed by atoms with Crippen LogP contribution in [-0.4, -0.2) is 22.6 Å². The van der Waals surface area contributed by atoms with Crippen LogP contribution in [0.2, 0.25) is 0 Å². The Morgan fingerprint density at radius 1 is 1.32 bits per heavy atom. The van der Waals surface area contributed by atoms with Crippen LogP contribution in [0.3, 0.4) is 0 Å². The third-order valence-electron chi connectivity index (χ3n) is 2.68. The number of carbonyl (C=O) groups excluding carboxylic acids is 1. The molecule has 0 aliphatic heterocycles. The van der Waals surface area contributed by atoms with E-state index in [0.29, 0.717) is 11.0 Å². The van der Waals surface area contributed by atoms with Gasteiger partial charge in [0.05, 0.1) is 6.54 Å². The molecule has 0 atom stereocenters. The van der Waals surface area contributed by atoms with Gasteiger partial charge in [0, 0.05) is 5.56 Å². The molecule has 0 saturated heterocycles. The predicted octanol–water partition coefficient (Wildman–Crippen LogP) is 2.23. The van der Waals surface area contributed by atoms with Crippen LogP contribution in [0.25, 0.3) is 10.6 Å².